The normalized spacial score (nSPS) is 14.3. The number of esters is 1. The van der Waals surface area contributed by atoms with E-state index in [0.717, 1.165) is 37.3 Å². The number of halogens is 2. The van der Waals surface area contributed by atoms with Crippen molar-refractivity contribution >= 4 is 51.8 Å². The lowest BCUT2D eigenvalue weighted by molar-refractivity contribution is -0.148. The highest BCUT2D eigenvalue weighted by Gasteiger charge is 2.27. The van der Waals surface area contributed by atoms with Crippen molar-refractivity contribution in [3.8, 4) is 0 Å². The number of pyridine rings is 1. The van der Waals surface area contributed by atoms with E-state index in [9.17, 15) is 9.59 Å². The van der Waals surface area contributed by atoms with Gasteiger partial charge in [-0.3, -0.25) is 9.59 Å². The van der Waals surface area contributed by atoms with Crippen molar-refractivity contribution in [2.45, 2.75) is 26.2 Å². The number of anilines is 1. The van der Waals surface area contributed by atoms with Crippen LogP contribution in [0.15, 0.2) is 48.5 Å². The van der Waals surface area contributed by atoms with E-state index in [4.69, 9.17) is 32.9 Å². The molecule has 34 heavy (non-hydrogen) atoms. The molecular formula is C26H27Cl2N3O3. The summed E-state index contributed by atoms with van der Waals surface area (Å²) in [6.45, 7) is 4.17. The lowest BCUT2D eigenvalue weighted by Gasteiger charge is -2.31. The van der Waals surface area contributed by atoms with Crippen molar-refractivity contribution in [3.63, 3.8) is 0 Å². The van der Waals surface area contributed by atoms with E-state index in [-0.39, 0.29) is 17.8 Å². The van der Waals surface area contributed by atoms with Gasteiger partial charge in [0.25, 0.3) is 5.91 Å². The van der Waals surface area contributed by atoms with Crippen LogP contribution in [0.25, 0.3) is 10.9 Å². The Morgan fingerprint density at radius 2 is 1.79 bits per heavy atom. The van der Waals surface area contributed by atoms with Gasteiger partial charge in [0.05, 0.1) is 28.6 Å². The fraction of sp³-hybridized carbons (Fsp3) is 0.346. The number of hydrogen-bond acceptors (Lipinski definition) is 5. The van der Waals surface area contributed by atoms with Crippen molar-refractivity contribution in [2.75, 3.05) is 31.1 Å². The maximum absolute atomic E-state index is 13.0. The highest BCUT2D eigenvalue weighted by Crippen LogP contribution is 2.29. The fourth-order valence-corrected chi connectivity index (χ4v) is 4.61. The van der Waals surface area contributed by atoms with Crippen LogP contribution in [-0.4, -0.2) is 43.1 Å². The van der Waals surface area contributed by atoms with Gasteiger partial charge in [0, 0.05) is 30.0 Å². The van der Waals surface area contributed by atoms with Crippen LogP contribution >= 0.6 is 23.2 Å². The molecule has 6 nitrogen and oxygen atoms in total. The van der Waals surface area contributed by atoms with Gasteiger partial charge in [-0.2, -0.15) is 0 Å². The number of hydrogen-bond donors (Lipinski definition) is 1. The fourth-order valence-electron chi connectivity index (χ4n) is 4.24. The number of amides is 1. The van der Waals surface area contributed by atoms with Gasteiger partial charge >= 0.3 is 5.97 Å². The van der Waals surface area contributed by atoms with Crippen molar-refractivity contribution in [1.29, 1.82) is 0 Å². The molecule has 1 aliphatic rings. The number of carbonyl (C=O) groups excluding carboxylic acids is 2. The van der Waals surface area contributed by atoms with Crippen molar-refractivity contribution in [1.82, 2.24) is 10.3 Å². The quantitative estimate of drug-likeness (QED) is 0.447. The molecule has 2 heterocycles. The second-order valence-corrected chi connectivity index (χ2v) is 9.15. The molecule has 0 aliphatic carbocycles. The molecule has 1 saturated heterocycles. The van der Waals surface area contributed by atoms with Gasteiger partial charge in [0.1, 0.15) is 5.82 Å². The summed E-state index contributed by atoms with van der Waals surface area (Å²) in [5, 5.41) is 4.75. The van der Waals surface area contributed by atoms with Gasteiger partial charge in [-0.1, -0.05) is 35.3 Å². The number of fused-ring (bicyclic) bond motifs is 1. The van der Waals surface area contributed by atoms with Gasteiger partial charge < -0.3 is 15.0 Å². The number of aromatic nitrogens is 1. The molecule has 1 fully saturated rings. The number of ether oxygens (including phenoxy) is 1. The van der Waals surface area contributed by atoms with Crippen molar-refractivity contribution < 1.29 is 14.3 Å². The molecule has 0 unspecified atom stereocenters. The monoisotopic (exact) mass is 499 g/mol. The predicted molar refractivity (Wildman–Crippen MR) is 136 cm³/mol. The molecule has 0 spiro atoms. The van der Waals surface area contributed by atoms with E-state index in [2.05, 4.69) is 10.2 Å². The highest BCUT2D eigenvalue weighted by molar-refractivity contribution is 6.35. The first kappa shape index (κ1) is 24.3. The Kier molecular flexibility index (Phi) is 7.91. The van der Waals surface area contributed by atoms with Crippen LogP contribution in [0.4, 0.5) is 5.82 Å². The molecule has 3 aromatic rings. The molecule has 1 amide bonds. The van der Waals surface area contributed by atoms with Gasteiger partial charge in [-0.25, -0.2) is 4.98 Å². The van der Waals surface area contributed by atoms with E-state index in [1.54, 1.807) is 6.07 Å². The van der Waals surface area contributed by atoms with Crippen LogP contribution in [0, 0.1) is 5.92 Å². The van der Waals surface area contributed by atoms with E-state index in [1.807, 2.05) is 49.4 Å². The second-order valence-electron chi connectivity index (χ2n) is 8.30. The zero-order valence-corrected chi connectivity index (χ0v) is 20.5. The third kappa shape index (κ3) is 5.62. The molecule has 8 heteroatoms. The number of nitrogens with one attached hydrogen (secondary N) is 1. The lowest BCUT2D eigenvalue weighted by atomic mass is 9.97. The van der Waals surface area contributed by atoms with Crippen molar-refractivity contribution in [3.05, 3.63) is 69.7 Å². The lowest BCUT2D eigenvalue weighted by Crippen LogP contribution is -2.37. The zero-order valence-electron chi connectivity index (χ0n) is 19.0. The predicted octanol–water partition coefficient (Wildman–Crippen LogP) is 5.29. The molecule has 1 N–H and O–H groups in total. The van der Waals surface area contributed by atoms with Crippen LogP contribution in [0.5, 0.6) is 0 Å². The Morgan fingerprint density at radius 1 is 1.06 bits per heavy atom. The standard InChI is InChI=1S/C26H27Cl2N3O3/c1-2-34-26(33)18-12-15-31(16-13-18)23-10-7-20-22(30-23)9-8-21(28)24(20)25(32)29-14-11-17-3-5-19(27)6-4-17/h3-10,18H,2,11-16H2,1H3,(H,29,32). The summed E-state index contributed by atoms with van der Waals surface area (Å²) in [7, 11) is 0. The Bertz CT molecular complexity index is 1180. The zero-order chi connectivity index (χ0) is 24.1. The summed E-state index contributed by atoms with van der Waals surface area (Å²) in [4.78, 5) is 31.9. The van der Waals surface area contributed by atoms with Crippen LogP contribution in [0.1, 0.15) is 35.7 Å². The minimum atomic E-state index is -0.227. The average molecular weight is 500 g/mol. The molecule has 1 aliphatic heterocycles. The van der Waals surface area contributed by atoms with E-state index >= 15 is 0 Å². The third-order valence-electron chi connectivity index (χ3n) is 6.08. The second kappa shape index (κ2) is 11.1. The molecule has 178 valence electrons. The molecule has 2 aromatic carbocycles. The summed E-state index contributed by atoms with van der Waals surface area (Å²) >= 11 is 12.3. The molecule has 0 saturated carbocycles. The van der Waals surface area contributed by atoms with Crippen molar-refractivity contribution in [2.24, 2.45) is 5.92 Å². The van der Waals surface area contributed by atoms with Crippen LogP contribution in [0.3, 0.4) is 0 Å². The van der Waals surface area contributed by atoms with E-state index in [0.29, 0.717) is 46.1 Å². The molecular weight excluding hydrogens is 473 g/mol. The summed E-state index contributed by atoms with van der Waals surface area (Å²) in [5.74, 6) is 0.425. The largest absolute Gasteiger partial charge is 0.466 e. The Hall–Kier alpha value is -2.83. The highest BCUT2D eigenvalue weighted by atomic mass is 35.5. The van der Waals surface area contributed by atoms with Gasteiger partial charge in [-0.05, 0) is 68.1 Å². The minimum absolute atomic E-state index is 0.0568. The number of benzene rings is 2. The number of rotatable bonds is 7. The Morgan fingerprint density at radius 3 is 2.50 bits per heavy atom. The summed E-state index contributed by atoms with van der Waals surface area (Å²) < 4.78 is 5.16. The molecule has 0 radical (unpaired) electrons. The smallest absolute Gasteiger partial charge is 0.309 e. The third-order valence-corrected chi connectivity index (χ3v) is 6.65. The van der Waals surface area contributed by atoms with Gasteiger partial charge in [0.2, 0.25) is 0 Å². The molecule has 1 aromatic heterocycles. The number of nitrogens with zero attached hydrogens (tertiary/aromatic N) is 2. The first-order chi connectivity index (χ1) is 16.5. The topological polar surface area (TPSA) is 71.5 Å². The summed E-state index contributed by atoms with van der Waals surface area (Å²) in [5.41, 5.74) is 2.22. The van der Waals surface area contributed by atoms with Gasteiger partial charge in [-0.15, -0.1) is 0 Å². The molecule has 0 atom stereocenters. The summed E-state index contributed by atoms with van der Waals surface area (Å²) in [6.07, 6.45) is 2.16. The van der Waals surface area contributed by atoms with Crippen LogP contribution < -0.4 is 10.2 Å². The maximum Gasteiger partial charge on any atom is 0.309 e. The minimum Gasteiger partial charge on any atom is -0.466 e. The maximum atomic E-state index is 13.0. The SMILES string of the molecule is CCOC(=O)C1CCN(c2ccc3c(C(=O)NCCc4ccc(Cl)cc4)c(Cl)ccc3n2)CC1. The molecule has 0 bridgehead atoms. The Labute approximate surface area is 209 Å². The number of piperidine rings is 1. The first-order valence-electron chi connectivity index (χ1n) is 11.5. The average Bonchev–Trinajstić information content (AvgIpc) is 2.85. The van der Waals surface area contributed by atoms with E-state index in [1.165, 1.54) is 0 Å². The summed E-state index contributed by atoms with van der Waals surface area (Å²) in [6, 6.07) is 14.9. The Balaban J connectivity index is 1.44. The van der Waals surface area contributed by atoms with E-state index < -0.39 is 0 Å². The number of carbonyl (C=O) groups is 2. The van der Waals surface area contributed by atoms with Gasteiger partial charge in [0.15, 0.2) is 0 Å². The van der Waals surface area contributed by atoms with Crippen LogP contribution in [-0.2, 0) is 16.0 Å². The van der Waals surface area contributed by atoms with Crippen LogP contribution in [0.2, 0.25) is 10.0 Å². The first-order valence-corrected chi connectivity index (χ1v) is 12.3. The molecule has 4 rings (SSSR count).